The van der Waals surface area contributed by atoms with Crippen LogP contribution in [0.25, 0.3) is 0 Å². The molecule has 0 unspecified atom stereocenters. The molecular weight excluding hydrogens is 408 g/mol. The van der Waals surface area contributed by atoms with E-state index in [1.807, 2.05) is 0 Å². The molecule has 0 atom stereocenters. The molecule has 0 saturated carbocycles. The highest BCUT2D eigenvalue weighted by atomic mass is 16.4. The van der Waals surface area contributed by atoms with Gasteiger partial charge in [-0.05, 0) is 42.0 Å². The van der Waals surface area contributed by atoms with E-state index in [9.17, 15) is 19.2 Å². The molecule has 162 valence electrons. The van der Waals surface area contributed by atoms with Crippen LogP contribution < -0.4 is 0 Å². The molecule has 3 aromatic rings. The molecule has 0 spiro atoms. The average Bonchev–Trinajstić information content (AvgIpc) is 3.28. The number of carboxylic acids is 2. The minimum atomic E-state index is -1.06. The lowest BCUT2D eigenvalue weighted by atomic mass is 10.1. The quantitative estimate of drug-likeness (QED) is 0.432. The molecule has 0 fully saturated rings. The number of aldehydes is 2. The molecule has 31 heavy (non-hydrogen) atoms. The molecule has 0 bridgehead atoms. The molecule has 0 aliphatic carbocycles. The maximum Gasteiger partial charge on any atom is 0.335 e. The molecule has 0 amide bonds. The van der Waals surface area contributed by atoms with Crippen LogP contribution in [0.15, 0.2) is 65.1 Å². The number of aliphatic hydroxyl groups is 2. The van der Waals surface area contributed by atoms with E-state index in [-0.39, 0.29) is 30.1 Å². The first-order valence-electron chi connectivity index (χ1n) is 8.71. The Morgan fingerprint density at radius 1 is 0.710 bits per heavy atom. The van der Waals surface area contributed by atoms with Crippen molar-refractivity contribution in [3.05, 3.63) is 94.4 Å². The molecule has 9 heteroatoms. The molecule has 1 aromatic heterocycles. The first-order valence-corrected chi connectivity index (χ1v) is 8.71. The highest BCUT2D eigenvalue weighted by Crippen LogP contribution is 2.05. The van der Waals surface area contributed by atoms with Crippen LogP contribution >= 0.6 is 0 Å². The molecule has 2 aromatic carbocycles. The van der Waals surface area contributed by atoms with E-state index in [1.165, 1.54) is 30.3 Å². The summed E-state index contributed by atoms with van der Waals surface area (Å²) >= 11 is 0. The lowest BCUT2D eigenvalue weighted by Gasteiger charge is -1.94. The molecule has 0 aliphatic rings. The summed E-state index contributed by atoms with van der Waals surface area (Å²) < 4.78 is 4.76. The van der Waals surface area contributed by atoms with Crippen molar-refractivity contribution in [1.82, 2.24) is 0 Å². The van der Waals surface area contributed by atoms with Gasteiger partial charge in [-0.3, -0.25) is 9.59 Å². The van der Waals surface area contributed by atoms with Gasteiger partial charge >= 0.3 is 11.9 Å². The zero-order valence-electron chi connectivity index (χ0n) is 16.2. The molecule has 3 rings (SSSR count). The molecule has 0 radical (unpaired) electrons. The maximum absolute atomic E-state index is 10.3. The van der Waals surface area contributed by atoms with Crippen LogP contribution in [0.4, 0.5) is 0 Å². The van der Waals surface area contributed by atoms with E-state index < -0.39 is 11.9 Å². The predicted octanol–water partition coefficient (Wildman–Crippen LogP) is 2.66. The fourth-order valence-corrected chi connectivity index (χ4v) is 2.00. The van der Waals surface area contributed by atoms with Gasteiger partial charge in [-0.2, -0.15) is 0 Å². The third-order valence-corrected chi connectivity index (χ3v) is 3.63. The number of carboxylic acid groups (broad SMARTS) is 2. The molecule has 0 saturated heterocycles. The summed E-state index contributed by atoms with van der Waals surface area (Å²) in [4.78, 5) is 40.8. The van der Waals surface area contributed by atoms with Crippen molar-refractivity contribution < 1.29 is 44.0 Å². The topological polar surface area (TPSA) is 162 Å². The SMILES string of the molecule is O=C(O)c1ccc(C(=O)O)cc1.O=Cc1ccc(CO)cc1.O=Cc1ccc(CO)o1. The van der Waals surface area contributed by atoms with E-state index in [4.69, 9.17) is 24.8 Å². The van der Waals surface area contributed by atoms with E-state index in [0.29, 0.717) is 17.6 Å². The monoisotopic (exact) mass is 428 g/mol. The highest BCUT2D eigenvalue weighted by Gasteiger charge is 2.04. The molecule has 4 N–H and O–H groups in total. The highest BCUT2D eigenvalue weighted by molar-refractivity contribution is 5.91. The minimum Gasteiger partial charge on any atom is -0.478 e. The van der Waals surface area contributed by atoms with Gasteiger partial charge in [-0.1, -0.05) is 24.3 Å². The molecule has 0 aliphatic heterocycles. The molecule has 1 heterocycles. The van der Waals surface area contributed by atoms with Gasteiger partial charge in [0, 0.05) is 5.56 Å². The number of carbonyl (C=O) groups is 4. The summed E-state index contributed by atoms with van der Waals surface area (Å²) in [5.41, 5.74) is 1.63. The second-order valence-electron chi connectivity index (χ2n) is 5.79. The lowest BCUT2D eigenvalue weighted by Crippen LogP contribution is -1.99. The molecular formula is C22H20O9. The van der Waals surface area contributed by atoms with Gasteiger partial charge in [0.1, 0.15) is 18.7 Å². The Balaban J connectivity index is 0.000000235. The van der Waals surface area contributed by atoms with Crippen LogP contribution in [0.2, 0.25) is 0 Å². The number of hydrogen-bond donors (Lipinski definition) is 4. The smallest absolute Gasteiger partial charge is 0.335 e. The van der Waals surface area contributed by atoms with Crippen LogP contribution in [0, 0.1) is 0 Å². The van der Waals surface area contributed by atoms with Gasteiger partial charge in [-0.15, -0.1) is 0 Å². The Morgan fingerprint density at radius 3 is 1.52 bits per heavy atom. The van der Waals surface area contributed by atoms with Gasteiger partial charge < -0.3 is 24.8 Å². The van der Waals surface area contributed by atoms with Gasteiger partial charge in [0.2, 0.25) is 0 Å². The zero-order valence-corrected chi connectivity index (χ0v) is 16.2. The molecule has 9 nitrogen and oxygen atoms in total. The number of carbonyl (C=O) groups excluding carboxylic acids is 2. The third kappa shape index (κ3) is 8.86. The number of furan rings is 1. The van der Waals surface area contributed by atoms with Crippen LogP contribution in [-0.2, 0) is 13.2 Å². The normalized spacial score (nSPS) is 9.35. The van der Waals surface area contributed by atoms with Crippen LogP contribution in [0.5, 0.6) is 0 Å². The first kappa shape index (κ1) is 25.0. The third-order valence-electron chi connectivity index (χ3n) is 3.63. The van der Waals surface area contributed by atoms with Crippen molar-refractivity contribution in [2.24, 2.45) is 0 Å². The van der Waals surface area contributed by atoms with E-state index in [1.54, 1.807) is 30.3 Å². The van der Waals surface area contributed by atoms with Crippen LogP contribution in [0.3, 0.4) is 0 Å². The van der Waals surface area contributed by atoms with Crippen molar-refractivity contribution >= 4 is 24.5 Å². The average molecular weight is 428 g/mol. The second-order valence-corrected chi connectivity index (χ2v) is 5.79. The van der Waals surface area contributed by atoms with Gasteiger partial charge in [0.15, 0.2) is 12.0 Å². The number of benzene rings is 2. The zero-order chi connectivity index (χ0) is 23.2. The Morgan fingerprint density at radius 2 is 1.23 bits per heavy atom. The summed E-state index contributed by atoms with van der Waals surface area (Å²) in [6.07, 6.45) is 1.38. The Labute approximate surface area is 176 Å². The lowest BCUT2D eigenvalue weighted by molar-refractivity contribution is 0.0681. The Bertz CT molecular complexity index is 954. The summed E-state index contributed by atoms with van der Waals surface area (Å²) in [6.45, 7) is -0.132. The van der Waals surface area contributed by atoms with E-state index in [0.717, 1.165) is 11.8 Å². The van der Waals surface area contributed by atoms with Crippen LogP contribution in [-0.4, -0.2) is 44.9 Å². The standard InChI is InChI=1S/C8H6O4.C8H8O2.C6H6O3/c9-7(10)5-1-2-6(4-3-5)8(11)12;9-5-7-1-2-8(6-10)4-3-7;7-3-5-1-2-6(4-8)9-5/h1-4H,(H,9,10)(H,11,12);1-5,10H,6H2;1-3,8H,4H2. The number of rotatable bonds is 6. The fourth-order valence-electron chi connectivity index (χ4n) is 2.00. The van der Waals surface area contributed by atoms with Crippen LogP contribution in [0.1, 0.15) is 53.0 Å². The summed E-state index contributed by atoms with van der Waals surface area (Å²) in [5.74, 6) is -1.46. The summed E-state index contributed by atoms with van der Waals surface area (Å²) in [6, 6.07) is 14.9. The summed E-state index contributed by atoms with van der Waals surface area (Å²) in [5, 5.41) is 34.0. The fraction of sp³-hybridized carbons (Fsp3) is 0.0909. The summed E-state index contributed by atoms with van der Waals surface area (Å²) in [7, 11) is 0. The van der Waals surface area contributed by atoms with Gasteiger partial charge in [-0.25, -0.2) is 9.59 Å². The number of hydrogen-bond acceptors (Lipinski definition) is 7. The predicted molar refractivity (Wildman–Crippen MR) is 108 cm³/mol. The maximum atomic E-state index is 10.3. The first-order chi connectivity index (χ1) is 14.8. The van der Waals surface area contributed by atoms with Crippen molar-refractivity contribution in [3.63, 3.8) is 0 Å². The van der Waals surface area contributed by atoms with E-state index in [2.05, 4.69) is 0 Å². The Kier molecular flexibility index (Phi) is 10.6. The van der Waals surface area contributed by atoms with Crippen molar-refractivity contribution in [1.29, 1.82) is 0 Å². The number of aliphatic hydroxyl groups excluding tert-OH is 2. The van der Waals surface area contributed by atoms with Gasteiger partial charge in [0.05, 0.1) is 17.7 Å². The van der Waals surface area contributed by atoms with E-state index >= 15 is 0 Å². The van der Waals surface area contributed by atoms with Crippen molar-refractivity contribution in [2.45, 2.75) is 13.2 Å². The number of aromatic carboxylic acids is 2. The van der Waals surface area contributed by atoms with Crippen molar-refractivity contribution in [2.75, 3.05) is 0 Å². The Hall–Kier alpha value is -4.08. The van der Waals surface area contributed by atoms with Crippen molar-refractivity contribution in [3.8, 4) is 0 Å². The minimum absolute atomic E-state index is 0.0269. The van der Waals surface area contributed by atoms with Gasteiger partial charge in [0.25, 0.3) is 0 Å². The second kappa shape index (κ2) is 13.2. The largest absolute Gasteiger partial charge is 0.478 e.